The zero-order chi connectivity index (χ0) is 19.9. The number of unbranched alkanes of at least 4 members (excludes halogenated alkanes) is 2. The molecule has 0 saturated carbocycles. The lowest BCUT2D eigenvalue weighted by Gasteiger charge is -2.34. The number of hydrogen-bond acceptors (Lipinski definition) is 1. The molecular weight excluding hydrogens is 356 g/mol. The quantitative estimate of drug-likeness (QED) is 0.412. The monoisotopic (exact) mass is 387 g/mol. The first kappa shape index (κ1) is 22.9. The van der Waals surface area contributed by atoms with Crippen molar-refractivity contribution in [1.82, 2.24) is 0 Å². The van der Waals surface area contributed by atoms with E-state index in [0.717, 1.165) is 44.6 Å². The fraction of sp³-hybridized carbons (Fsp3) is 0.667. The Morgan fingerprint density at radius 2 is 1.65 bits per heavy atom. The van der Waals surface area contributed by atoms with E-state index in [1.807, 2.05) is 20.8 Å². The summed E-state index contributed by atoms with van der Waals surface area (Å²) in [6.45, 7) is 10.1. The van der Waals surface area contributed by atoms with Gasteiger partial charge in [-0.25, -0.2) is 8.78 Å². The maximum atomic E-state index is 14.7. The number of hydrogen-bond donors (Lipinski definition) is 0. The molecule has 26 heavy (non-hydrogen) atoms. The second kappa shape index (κ2) is 10.2. The molecule has 1 amide bonds. The summed E-state index contributed by atoms with van der Waals surface area (Å²) < 4.78 is 28.4. The van der Waals surface area contributed by atoms with Crippen LogP contribution in [-0.2, 0) is 4.79 Å². The van der Waals surface area contributed by atoms with Crippen molar-refractivity contribution in [2.24, 2.45) is 5.41 Å². The zero-order valence-corrected chi connectivity index (χ0v) is 17.4. The number of halogens is 3. The van der Waals surface area contributed by atoms with Crippen molar-refractivity contribution in [1.29, 1.82) is 0 Å². The van der Waals surface area contributed by atoms with Crippen molar-refractivity contribution in [3.63, 3.8) is 0 Å². The van der Waals surface area contributed by atoms with Crippen LogP contribution in [0.3, 0.4) is 0 Å². The standard InChI is InChI=1S/C21H32ClF2NO/c1-6-8-10-15(11-9-7-2)25(18(26)14-21(3,4)5)17-13-12-16(23)19(22)20(17)24/h12-13,15H,6-11,14H2,1-5H3. The average molecular weight is 388 g/mol. The highest BCUT2D eigenvalue weighted by Gasteiger charge is 2.30. The Morgan fingerprint density at radius 3 is 2.12 bits per heavy atom. The van der Waals surface area contributed by atoms with Crippen molar-refractivity contribution in [3.8, 4) is 0 Å². The van der Waals surface area contributed by atoms with E-state index in [9.17, 15) is 13.6 Å². The molecule has 0 spiro atoms. The largest absolute Gasteiger partial charge is 0.306 e. The number of carbonyl (C=O) groups is 1. The highest BCUT2D eigenvalue weighted by atomic mass is 35.5. The van der Waals surface area contributed by atoms with Crippen molar-refractivity contribution in [2.45, 2.75) is 85.6 Å². The van der Waals surface area contributed by atoms with Crippen molar-refractivity contribution >= 4 is 23.2 Å². The van der Waals surface area contributed by atoms with Crippen LogP contribution >= 0.6 is 11.6 Å². The maximum absolute atomic E-state index is 14.7. The van der Waals surface area contributed by atoms with E-state index in [-0.39, 0.29) is 29.5 Å². The maximum Gasteiger partial charge on any atom is 0.227 e. The molecule has 5 heteroatoms. The summed E-state index contributed by atoms with van der Waals surface area (Å²) in [5, 5.41) is -0.555. The average Bonchev–Trinajstić information content (AvgIpc) is 2.55. The lowest BCUT2D eigenvalue weighted by molar-refractivity contribution is -0.120. The molecule has 1 aromatic rings. The highest BCUT2D eigenvalue weighted by molar-refractivity contribution is 6.31. The van der Waals surface area contributed by atoms with Gasteiger partial charge in [0, 0.05) is 12.5 Å². The third-order valence-electron chi connectivity index (χ3n) is 4.37. The summed E-state index contributed by atoms with van der Waals surface area (Å²) in [5.74, 6) is -1.81. The lowest BCUT2D eigenvalue weighted by atomic mass is 9.90. The molecule has 0 aromatic heterocycles. The van der Waals surface area contributed by atoms with Crippen LogP contribution in [0.15, 0.2) is 12.1 Å². The minimum Gasteiger partial charge on any atom is -0.306 e. The van der Waals surface area contributed by atoms with Gasteiger partial charge in [-0.1, -0.05) is 71.9 Å². The smallest absolute Gasteiger partial charge is 0.227 e. The minimum atomic E-state index is -0.855. The van der Waals surface area contributed by atoms with Gasteiger partial charge in [0.15, 0.2) is 5.82 Å². The molecule has 0 bridgehead atoms. The molecule has 0 saturated heterocycles. The number of anilines is 1. The third kappa shape index (κ3) is 6.53. The predicted octanol–water partition coefficient (Wildman–Crippen LogP) is 7.14. The van der Waals surface area contributed by atoms with Gasteiger partial charge < -0.3 is 4.90 Å². The molecule has 0 aliphatic heterocycles. The summed E-state index contributed by atoms with van der Waals surface area (Å²) in [6.07, 6.45) is 5.76. The van der Waals surface area contributed by atoms with E-state index < -0.39 is 16.7 Å². The predicted molar refractivity (Wildman–Crippen MR) is 106 cm³/mol. The molecule has 2 nitrogen and oxygen atoms in total. The van der Waals surface area contributed by atoms with Gasteiger partial charge >= 0.3 is 0 Å². The van der Waals surface area contributed by atoms with Gasteiger partial charge in [-0.3, -0.25) is 4.79 Å². The summed E-state index contributed by atoms with van der Waals surface area (Å²) in [4.78, 5) is 14.6. The summed E-state index contributed by atoms with van der Waals surface area (Å²) in [6, 6.07) is 2.36. The summed E-state index contributed by atoms with van der Waals surface area (Å²) in [7, 11) is 0. The molecule has 148 valence electrons. The Labute approximate surface area is 161 Å². The van der Waals surface area contributed by atoms with Crippen LogP contribution in [0, 0.1) is 17.0 Å². The zero-order valence-electron chi connectivity index (χ0n) is 16.7. The molecule has 0 radical (unpaired) electrons. The molecule has 0 unspecified atom stereocenters. The first-order valence-electron chi connectivity index (χ1n) is 9.57. The Morgan fingerprint density at radius 1 is 1.12 bits per heavy atom. The fourth-order valence-corrected chi connectivity index (χ4v) is 3.22. The van der Waals surface area contributed by atoms with Gasteiger partial charge in [0.2, 0.25) is 5.91 Å². The van der Waals surface area contributed by atoms with E-state index in [4.69, 9.17) is 11.6 Å². The second-order valence-electron chi connectivity index (χ2n) is 8.13. The van der Waals surface area contributed by atoms with Gasteiger partial charge in [-0.2, -0.15) is 0 Å². The number of carbonyl (C=O) groups excluding carboxylic acids is 1. The molecule has 0 fully saturated rings. The van der Waals surface area contributed by atoms with Gasteiger partial charge in [0.1, 0.15) is 10.8 Å². The van der Waals surface area contributed by atoms with Crippen LogP contribution < -0.4 is 4.90 Å². The Hall–Kier alpha value is -1.16. The Balaban J connectivity index is 3.35. The van der Waals surface area contributed by atoms with E-state index in [1.54, 1.807) is 0 Å². The van der Waals surface area contributed by atoms with Gasteiger partial charge in [-0.05, 0) is 30.4 Å². The van der Waals surface area contributed by atoms with E-state index in [1.165, 1.54) is 11.0 Å². The number of amides is 1. The minimum absolute atomic E-state index is 0.0860. The van der Waals surface area contributed by atoms with Crippen LogP contribution in [-0.4, -0.2) is 11.9 Å². The second-order valence-corrected chi connectivity index (χ2v) is 8.51. The molecular formula is C21H32ClF2NO. The molecule has 0 heterocycles. The van der Waals surface area contributed by atoms with Crippen LogP contribution in [0.1, 0.15) is 79.6 Å². The molecule has 0 aliphatic rings. The van der Waals surface area contributed by atoms with Crippen molar-refractivity contribution < 1.29 is 13.6 Å². The van der Waals surface area contributed by atoms with Crippen LogP contribution in [0.4, 0.5) is 14.5 Å². The SMILES string of the molecule is CCCCC(CCCC)N(C(=O)CC(C)(C)C)c1ccc(F)c(Cl)c1F. The van der Waals surface area contributed by atoms with E-state index in [2.05, 4.69) is 13.8 Å². The number of benzene rings is 1. The van der Waals surface area contributed by atoms with E-state index >= 15 is 0 Å². The summed E-state index contributed by atoms with van der Waals surface area (Å²) >= 11 is 5.79. The first-order chi connectivity index (χ1) is 12.1. The molecule has 1 rings (SSSR count). The van der Waals surface area contributed by atoms with Crippen LogP contribution in [0.2, 0.25) is 5.02 Å². The Bertz CT molecular complexity index is 590. The van der Waals surface area contributed by atoms with Gasteiger partial charge in [-0.15, -0.1) is 0 Å². The molecule has 0 atom stereocenters. The lowest BCUT2D eigenvalue weighted by Crippen LogP contribution is -2.42. The third-order valence-corrected chi connectivity index (χ3v) is 4.72. The van der Waals surface area contributed by atoms with Gasteiger partial charge in [0.05, 0.1) is 5.69 Å². The van der Waals surface area contributed by atoms with Gasteiger partial charge in [0.25, 0.3) is 0 Å². The number of nitrogens with zero attached hydrogens (tertiary/aromatic N) is 1. The van der Waals surface area contributed by atoms with Crippen LogP contribution in [0.5, 0.6) is 0 Å². The topological polar surface area (TPSA) is 20.3 Å². The molecule has 0 N–H and O–H groups in total. The van der Waals surface area contributed by atoms with Crippen LogP contribution in [0.25, 0.3) is 0 Å². The highest BCUT2D eigenvalue weighted by Crippen LogP contribution is 2.33. The Kier molecular flexibility index (Phi) is 9.02. The fourth-order valence-electron chi connectivity index (χ4n) is 3.06. The normalized spacial score (nSPS) is 11.9. The van der Waals surface area contributed by atoms with E-state index in [0.29, 0.717) is 0 Å². The molecule has 0 aliphatic carbocycles. The van der Waals surface area contributed by atoms with Crippen molar-refractivity contribution in [2.75, 3.05) is 4.90 Å². The first-order valence-corrected chi connectivity index (χ1v) is 9.95. The van der Waals surface area contributed by atoms with Crippen molar-refractivity contribution in [3.05, 3.63) is 28.8 Å². The molecule has 1 aromatic carbocycles. The number of rotatable bonds is 9. The summed E-state index contributed by atoms with van der Waals surface area (Å²) in [5.41, 5.74) is -0.141.